The van der Waals surface area contributed by atoms with E-state index in [1.165, 1.54) is 0 Å². The molecule has 2 rings (SSSR count). The van der Waals surface area contributed by atoms with Gasteiger partial charge in [0.25, 0.3) is 0 Å². The van der Waals surface area contributed by atoms with Crippen LogP contribution in [0.1, 0.15) is 17.0 Å². The van der Waals surface area contributed by atoms with Crippen molar-refractivity contribution in [3.8, 4) is 0 Å². The fourth-order valence-electron chi connectivity index (χ4n) is 2.64. The summed E-state index contributed by atoms with van der Waals surface area (Å²) in [7, 11) is 0. The maximum Gasteiger partial charge on any atom is 1.00 e. The second-order valence-electron chi connectivity index (χ2n) is 5.55. The van der Waals surface area contributed by atoms with Crippen LogP contribution >= 0.6 is 0 Å². The Morgan fingerprint density at radius 3 is 1.44 bits per heavy atom. The van der Waals surface area contributed by atoms with Crippen LogP contribution in [0.5, 0.6) is 0 Å². The molecule has 0 saturated heterocycles. The summed E-state index contributed by atoms with van der Waals surface area (Å²) in [5, 5.41) is 48.7. The molecule has 0 amide bonds. The summed E-state index contributed by atoms with van der Waals surface area (Å²) in [6.45, 7) is 0. The molecule has 6 nitrogen and oxygen atoms in total. The summed E-state index contributed by atoms with van der Waals surface area (Å²) in [6, 6.07) is 17.7. The zero-order chi connectivity index (χ0) is 17.7. The quantitative estimate of drug-likeness (QED) is 0.346. The van der Waals surface area contributed by atoms with Crippen LogP contribution in [0.2, 0.25) is 0 Å². The van der Waals surface area contributed by atoms with Crippen molar-refractivity contribution in [3.63, 3.8) is 0 Å². The Morgan fingerprint density at radius 1 is 0.680 bits per heavy atom. The molecule has 4 atom stereocenters. The van der Waals surface area contributed by atoms with E-state index in [1.54, 1.807) is 60.7 Å². The molecule has 0 fully saturated rings. The van der Waals surface area contributed by atoms with Crippen molar-refractivity contribution < 1.29 is 59.9 Å². The number of aliphatic carboxylic acids is 1. The van der Waals surface area contributed by atoms with Gasteiger partial charge in [0, 0.05) is 5.92 Å². The van der Waals surface area contributed by atoms with Gasteiger partial charge in [0.2, 0.25) is 0 Å². The fraction of sp³-hybridized carbons (Fsp3) is 0.278. The number of aliphatic hydroxyl groups is 4. The van der Waals surface area contributed by atoms with Gasteiger partial charge in [-0.25, -0.2) is 4.79 Å². The van der Waals surface area contributed by atoms with Gasteiger partial charge in [-0.2, -0.15) is 0 Å². The molecule has 5 N–H and O–H groups in total. The molecule has 0 radical (unpaired) electrons. The molecular weight excluding hydrogens is 335 g/mol. The molecule has 128 valence electrons. The molecule has 0 spiro atoms. The molecule has 4 unspecified atom stereocenters. The summed E-state index contributed by atoms with van der Waals surface area (Å²) in [4.78, 5) is 10.8. The first-order valence-electron chi connectivity index (χ1n) is 7.48. The van der Waals surface area contributed by atoms with Crippen molar-refractivity contribution in [1.82, 2.24) is 0 Å². The van der Waals surface area contributed by atoms with Gasteiger partial charge >= 0.3 is 35.5 Å². The number of benzene rings is 2. The van der Waals surface area contributed by atoms with Crippen LogP contribution in [-0.2, 0) is 4.79 Å². The first-order chi connectivity index (χ1) is 11.4. The third-order valence-electron chi connectivity index (χ3n) is 3.94. The second-order valence-corrected chi connectivity index (χ2v) is 5.55. The Bertz CT molecular complexity index is 612. The molecule has 7 heteroatoms. The first kappa shape index (κ1) is 21.8. The van der Waals surface area contributed by atoms with Crippen LogP contribution in [0.4, 0.5) is 0 Å². The minimum atomic E-state index is -2.19. The molecule has 0 bridgehead atoms. The number of carboxylic acid groups (broad SMARTS) is 1. The standard InChI is InChI=1S/C18H20O6.Na/c19-14(15(20)16(21)17(22)18(23)24)13(11-7-3-1-4-8-11)12-9-5-2-6-10-12;/h1-10,13-17,19-22H,(H,23,24);/q;+1. The summed E-state index contributed by atoms with van der Waals surface area (Å²) in [5.41, 5.74) is 1.37. The number of hydrogen-bond acceptors (Lipinski definition) is 5. The van der Waals surface area contributed by atoms with Crippen molar-refractivity contribution in [2.45, 2.75) is 30.3 Å². The van der Waals surface area contributed by atoms with Crippen molar-refractivity contribution in [2.75, 3.05) is 0 Å². The number of carbonyl (C=O) groups is 1. The Morgan fingerprint density at radius 2 is 1.08 bits per heavy atom. The SMILES string of the molecule is O=C(O)C(O)C(O)C(O)C(O)C(c1ccccc1)c1ccccc1.[Na+]. The number of aliphatic hydroxyl groups excluding tert-OH is 4. The largest absolute Gasteiger partial charge is 1.00 e. The monoisotopic (exact) mass is 355 g/mol. The van der Waals surface area contributed by atoms with E-state index in [9.17, 15) is 25.2 Å². The Labute approximate surface area is 167 Å². The number of rotatable bonds is 7. The third kappa shape index (κ3) is 5.36. The van der Waals surface area contributed by atoms with E-state index in [4.69, 9.17) is 5.11 Å². The van der Waals surface area contributed by atoms with Gasteiger partial charge in [-0.3, -0.25) is 0 Å². The molecule has 25 heavy (non-hydrogen) atoms. The van der Waals surface area contributed by atoms with Crippen LogP contribution in [0.15, 0.2) is 60.7 Å². The summed E-state index contributed by atoms with van der Waals surface area (Å²) < 4.78 is 0. The minimum absolute atomic E-state index is 0. The molecular formula is C18H20NaO6+. The van der Waals surface area contributed by atoms with Crippen molar-refractivity contribution in [2.24, 2.45) is 0 Å². The van der Waals surface area contributed by atoms with E-state index < -0.39 is 36.3 Å². The summed E-state index contributed by atoms with van der Waals surface area (Å²) >= 11 is 0. The van der Waals surface area contributed by atoms with Crippen LogP contribution in [-0.4, -0.2) is 55.9 Å². The van der Waals surface area contributed by atoms with E-state index in [0.29, 0.717) is 11.1 Å². The molecule has 0 aromatic heterocycles. The first-order valence-corrected chi connectivity index (χ1v) is 7.48. The normalized spacial score (nSPS) is 15.7. The van der Waals surface area contributed by atoms with Crippen molar-refractivity contribution >= 4 is 5.97 Å². The van der Waals surface area contributed by atoms with Gasteiger partial charge in [-0.1, -0.05) is 60.7 Å². The molecule has 2 aromatic rings. The zero-order valence-corrected chi connectivity index (χ0v) is 15.8. The third-order valence-corrected chi connectivity index (χ3v) is 3.94. The maximum atomic E-state index is 10.8. The summed E-state index contributed by atoms with van der Waals surface area (Å²) in [5.74, 6) is -2.37. The molecule has 0 saturated carbocycles. The fourth-order valence-corrected chi connectivity index (χ4v) is 2.64. The van der Waals surface area contributed by atoms with Crippen LogP contribution in [0.25, 0.3) is 0 Å². The molecule has 0 aliphatic rings. The number of hydrogen-bond donors (Lipinski definition) is 5. The van der Waals surface area contributed by atoms with E-state index in [0.717, 1.165) is 0 Å². The Hall–Kier alpha value is -1.25. The predicted molar refractivity (Wildman–Crippen MR) is 86.4 cm³/mol. The second kappa shape index (κ2) is 10.0. The summed E-state index contributed by atoms with van der Waals surface area (Å²) in [6.07, 6.45) is -7.57. The molecule has 2 aromatic carbocycles. The Kier molecular flexibility index (Phi) is 8.75. The minimum Gasteiger partial charge on any atom is -0.479 e. The average molecular weight is 355 g/mol. The maximum absolute atomic E-state index is 10.8. The van der Waals surface area contributed by atoms with Crippen LogP contribution in [0.3, 0.4) is 0 Å². The molecule has 0 aliphatic heterocycles. The van der Waals surface area contributed by atoms with Gasteiger partial charge in [-0.05, 0) is 11.1 Å². The predicted octanol–water partition coefficient (Wildman–Crippen LogP) is -2.65. The zero-order valence-electron chi connectivity index (χ0n) is 13.8. The van der Waals surface area contributed by atoms with Gasteiger partial charge in [0.15, 0.2) is 6.10 Å². The Balaban J connectivity index is 0.00000312. The topological polar surface area (TPSA) is 118 Å². The number of carboxylic acids is 1. The van der Waals surface area contributed by atoms with Crippen molar-refractivity contribution in [3.05, 3.63) is 71.8 Å². The van der Waals surface area contributed by atoms with Crippen molar-refractivity contribution in [1.29, 1.82) is 0 Å². The van der Waals surface area contributed by atoms with E-state index in [2.05, 4.69) is 0 Å². The van der Waals surface area contributed by atoms with E-state index in [1.807, 2.05) is 0 Å². The van der Waals surface area contributed by atoms with Crippen LogP contribution in [0, 0.1) is 0 Å². The molecule has 0 aliphatic carbocycles. The van der Waals surface area contributed by atoms with Gasteiger partial charge in [0.1, 0.15) is 12.2 Å². The van der Waals surface area contributed by atoms with Gasteiger partial charge in [0.05, 0.1) is 6.10 Å². The smallest absolute Gasteiger partial charge is 0.479 e. The molecule has 0 heterocycles. The van der Waals surface area contributed by atoms with E-state index in [-0.39, 0.29) is 29.6 Å². The van der Waals surface area contributed by atoms with Crippen LogP contribution < -0.4 is 29.6 Å². The van der Waals surface area contributed by atoms with Gasteiger partial charge < -0.3 is 25.5 Å². The van der Waals surface area contributed by atoms with Gasteiger partial charge in [-0.15, -0.1) is 0 Å². The van der Waals surface area contributed by atoms with E-state index >= 15 is 0 Å². The average Bonchev–Trinajstić information content (AvgIpc) is 2.61.